The summed E-state index contributed by atoms with van der Waals surface area (Å²) in [5, 5.41) is 0. The molecule has 1 aromatic rings. The van der Waals surface area contributed by atoms with E-state index in [9.17, 15) is 14.4 Å². The monoisotopic (exact) mass is 453 g/mol. The average molecular weight is 454 g/mol. The van der Waals surface area contributed by atoms with Crippen molar-refractivity contribution < 1.29 is 14.4 Å². The van der Waals surface area contributed by atoms with Crippen LogP contribution in [0.4, 0.5) is 5.69 Å². The molecule has 1 fully saturated rings. The number of ketones is 2. The summed E-state index contributed by atoms with van der Waals surface area (Å²) in [6, 6.07) is 5.73. The maximum absolute atomic E-state index is 13.4. The highest BCUT2D eigenvalue weighted by atomic mass is 16.2. The fourth-order valence-corrected chi connectivity index (χ4v) is 5.59. The van der Waals surface area contributed by atoms with Crippen LogP contribution in [0, 0.1) is 5.92 Å². The number of Topliss-reactive ketones (excluding diaryl/α,β-unsaturated/α-hetero) is 2. The van der Waals surface area contributed by atoms with Crippen molar-refractivity contribution in [3.63, 3.8) is 0 Å². The van der Waals surface area contributed by atoms with Crippen molar-refractivity contribution in [2.45, 2.75) is 123 Å². The van der Waals surface area contributed by atoms with Crippen molar-refractivity contribution >= 4 is 23.2 Å². The molecule has 0 N–H and O–H groups in total. The van der Waals surface area contributed by atoms with Crippen molar-refractivity contribution in [2.75, 3.05) is 4.90 Å². The lowest BCUT2D eigenvalue weighted by atomic mass is 9.97. The van der Waals surface area contributed by atoms with Gasteiger partial charge in [-0.15, -0.1) is 0 Å². The van der Waals surface area contributed by atoms with Gasteiger partial charge in [-0.25, -0.2) is 0 Å². The Hall–Kier alpha value is -1.97. The minimum Gasteiger partial charge on any atom is -0.309 e. The van der Waals surface area contributed by atoms with Gasteiger partial charge >= 0.3 is 0 Å². The summed E-state index contributed by atoms with van der Waals surface area (Å²) in [6.45, 7) is 4.19. The molecule has 4 nitrogen and oxygen atoms in total. The molecular weight excluding hydrogens is 410 g/mol. The molecule has 0 bridgehead atoms. The summed E-state index contributed by atoms with van der Waals surface area (Å²) in [7, 11) is 0. The van der Waals surface area contributed by atoms with E-state index < -0.39 is 0 Å². The molecule has 0 aromatic heterocycles. The minimum absolute atomic E-state index is 0.125. The lowest BCUT2D eigenvalue weighted by Gasteiger charge is -2.31. The fourth-order valence-electron chi connectivity index (χ4n) is 5.59. The zero-order valence-electron chi connectivity index (χ0n) is 20.9. The second-order valence-electron chi connectivity index (χ2n) is 10.3. The van der Waals surface area contributed by atoms with Crippen LogP contribution in [0.5, 0.6) is 0 Å². The van der Waals surface area contributed by atoms with Crippen LogP contribution in [0.1, 0.15) is 126 Å². The highest BCUT2D eigenvalue weighted by molar-refractivity contribution is 5.99. The van der Waals surface area contributed by atoms with Gasteiger partial charge in [-0.2, -0.15) is 0 Å². The van der Waals surface area contributed by atoms with Gasteiger partial charge in [0.05, 0.1) is 0 Å². The van der Waals surface area contributed by atoms with Crippen LogP contribution in [-0.4, -0.2) is 23.5 Å². The van der Waals surface area contributed by atoms with E-state index in [2.05, 4.69) is 6.92 Å². The number of hydrogen-bond donors (Lipinski definition) is 0. The highest BCUT2D eigenvalue weighted by Crippen LogP contribution is 2.32. The Bertz CT molecular complexity index is 809. The van der Waals surface area contributed by atoms with E-state index in [0.29, 0.717) is 31.6 Å². The molecule has 2 aliphatic rings. The maximum Gasteiger partial charge on any atom is 0.227 e. The predicted octanol–water partition coefficient (Wildman–Crippen LogP) is 7.22. The first kappa shape index (κ1) is 25.6. The Morgan fingerprint density at radius 3 is 2.48 bits per heavy atom. The number of aryl methyl sites for hydroxylation is 1. The Labute approximate surface area is 200 Å². The first-order valence-electron chi connectivity index (χ1n) is 13.5. The number of benzene rings is 1. The number of hydrogen-bond acceptors (Lipinski definition) is 3. The third kappa shape index (κ3) is 7.52. The number of rotatable bonds is 10. The second kappa shape index (κ2) is 13.1. The summed E-state index contributed by atoms with van der Waals surface area (Å²) in [5.41, 5.74) is 2.71. The number of carbonyl (C=O) groups excluding carboxylic acids is 3. The molecule has 182 valence electrons. The van der Waals surface area contributed by atoms with E-state index in [1.165, 1.54) is 44.9 Å². The van der Waals surface area contributed by atoms with E-state index in [1.807, 2.05) is 30.0 Å². The van der Waals surface area contributed by atoms with E-state index in [0.717, 1.165) is 48.9 Å². The molecule has 33 heavy (non-hydrogen) atoms. The van der Waals surface area contributed by atoms with Crippen molar-refractivity contribution in [3.05, 3.63) is 29.3 Å². The SMILES string of the molecule is CCCCCCCC(=O)c1ccc2c(c1)CCCC(=O)CC(C)N2C(=O)CCC1CCCC1. The fraction of sp³-hybridized carbons (Fsp3) is 0.690. The van der Waals surface area contributed by atoms with Gasteiger partial charge in [0.1, 0.15) is 5.78 Å². The first-order chi connectivity index (χ1) is 16.0. The topological polar surface area (TPSA) is 54.5 Å². The van der Waals surface area contributed by atoms with Crippen LogP contribution < -0.4 is 4.90 Å². The van der Waals surface area contributed by atoms with Crippen molar-refractivity contribution in [2.24, 2.45) is 5.92 Å². The molecule has 1 atom stereocenters. The molecule has 4 heteroatoms. The number of fused-ring (bicyclic) bond motifs is 1. The molecule has 1 aliphatic heterocycles. The Balaban J connectivity index is 1.76. The Kier molecular flexibility index (Phi) is 10.1. The number of unbranched alkanes of at least 4 members (excludes halogenated alkanes) is 4. The van der Waals surface area contributed by atoms with E-state index in [4.69, 9.17) is 0 Å². The molecule has 3 rings (SSSR count). The van der Waals surface area contributed by atoms with Crippen LogP contribution in [0.25, 0.3) is 0 Å². The normalized spacial score (nSPS) is 19.6. The first-order valence-corrected chi connectivity index (χ1v) is 13.5. The summed E-state index contributed by atoms with van der Waals surface area (Å²) in [4.78, 5) is 40.6. The zero-order valence-corrected chi connectivity index (χ0v) is 20.9. The summed E-state index contributed by atoms with van der Waals surface area (Å²) in [5.74, 6) is 1.21. The van der Waals surface area contributed by atoms with Crippen molar-refractivity contribution in [1.82, 2.24) is 0 Å². The largest absolute Gasteiger partial charge is 0.309 e. The molecule has 1 aromatic carbocycles. The third-order valence-electron chi connectivity index (χ3n) is 7.54. The number of anilines is 1. The smallest absolute Gasteiger partial charge is 0.227 e. The second-order valence-corrected chi connectivity index (χ2v) is 10.3. The van der Waals surface area contributed by atoms with E-state index in [-0.39, 0.29) is 23.5 Å². The molecule has 0 radical (unpaired) electrons. The van der Waals surface area contributed by atoms with E-state index >= 15 is 0 Å². The van der Waals surface area contributed by atoms with Crippen molar-refractivity contribution in [1.29, 1.82) is 0 Å². The molecule has 1 heterocycles. The van der Waals surface area contributed by atoms with Crippen LogP contribution in [0.2, 0.25) is 0 Å². The van der Waals surface area contributed by atoms with Crippen LogP contribution in [-0.2, 0) is 16.0 Å². The van der Waals surface area contributed by atoms with Gasteiger partial charge in [0.2, 0.25) is 5.91 Å². The molecule has 1 amide bonds. The molecule has 0 saturated heterocycles. The number of carbonyl (C=O) groups is 3. The number of amides is 1. The minimum atomic E-state index is -0.148. The van der Waals surface area contributed by atoms with Crippen LogP contribution in [0.3, 0.4) is 0 Å². The van der Waals surface area contributed by atoms with Gasteiger partial charge in [0.15, 0.2) is 5.78 Å². The number of nitrogens with zero attached hydrogens (tertiary/aromatic N) is 1. The quantitative estimate of drug-likeness (QED) is 0.278. The Morgan fingerprint density at radius 1 is 0.970 bits per heavy atom. The lowest BCUT2D eigenvalue weighted by Crippen LogP contribution is -2.40. The summed E-state index contributed by atoms with van der Waals surface area (Å²) >= 11 is 0. The third-order valence-corrected chi connectivity index (χ3v) is 7.54. The van der Waals surface area contributed by atoms with Crippen molar-refractivity contribution in [3.8, 4) is 0 Å². The lowest BCUT2D eigenvalue weighted by molar-refractivity contribution is -0.120. The Morgan fingerprint density at radius 2 is 1.73 bits per heavy atom. The van der Waals surface area contributed by atoms with Gasteiger partial charge in [-0.05, 0) is 62.3 Å². The maximum atomic E-state index is 13.4. The van der Waals surface area contributed by atoms with Crippen LogP contribution in [0.15, 0.2) is 18.2 Å². The summed E-state index contributed by atoms with van der Waals surface area (Å²) < 4.78 is 0. The predicted molar refractivity (Wildman–Crippen MR) is 135 cm³/mol. The van der Waals surface area contributed by atoms with Gasteiger partial charge in [-0.1, -0.05) is 58.3 Å². The average Bonchev–Trinajstić information content (AvgIpc) is 3.33. The highest BCUT2D eigenvalue weighted by Gasteiger charge is 2.28. The standard InChI is InChI=1S/C29H43NO3/c1-3-4-5-6-7-15-28(32)25-17-18-27-24(21-25)13-10-14-26(31)20-22(2)30(27)29(33)19-16-23-11-8-9-12-23/h17-18,21-23H,3-16,19-20H2,1-2H3. The van der Waals surface area contributed by atoms with Gasteiger partial charge in [0, 0.05) is 43.0 Å². The molecule has 1 saturated carbocycles. The van der Waals surface area contributed by atoms with Gasteiger partial charge in [0.25, 0.3) is 0 Å². The molecule has 1 aliphatic carbocycles. The molecule has 0 spiro atoms. The van der Waals surface area contributed by atoms with E-state index in [1.54, 1.807) is 0 Å². The van der Waals surface area contributed by atoms with Crippen LogP contribution >= 0.6 is 0 Å². The zero-order chi connectivity index (χ0) is 23.6. The van der Waals surface area contributed by atoms with Gasteiger partial charge in [-0.3, -0.25) is 14.4 Å². The van der Waals surface area contributed by atoms with Gasteiger partial charge < -0.3 is 4.90 Å². The molecular formula is C29H43NO3. The molecule has 1 unspecified atom stereocenters. The summed E-state index contributed by atoms with van der Waals surface area (Å²) in [6.07, 6.45) is 15.2.